The fraction of sp³-hybridized carbons (Fsp3) is 0.286. The van der Waals surface area contributed by atoms with Crippen molar-refractivity contribution < 1.29 is 9.59 Å². The van der Waals surface area contributed by atoms with Crippen molar-refractivity contribution in [3.8, 4) is 0 Å². The summed E-state index contributed by atoms with van der Waals surface area (Å²) in [4.78, 5) is 25.8. The normalized spacial score (nSPS) is 11.3. The van der Waals surface area contributed by atoms with E-state index in [1.165, 1.54) is 11.3 Å². The van der Waals surface area contributed by atoms with Gasteiger partial charge >= 0.3 is 0 Å². The molecule has 0 radical (unpaired) electrons. The number of nitrogens with one attached hydrogen (secondary N) is 1. The number of carbonyl (C=O) groups excluding carboxylic acids is 2. The van der Waals surface area contributed by atoms with Crippen molar-refractivity contribution in [1.82, 2.24) is 10.3 Å². The van der Waals surface area contributed by atoms with E-state index in [0.29, 0.717) is 5.69 Å². The maximum absolute atomic E-state index is 11.0. The molecule has 15 heavy (non-hydrogen) atoms. The third-order valence-corrected chi connectivity index (χ3v) is 2.47. The summed E-state index contributed by atoms with van der Waals surface area (Å²) in [7, 11) is 0. The van der Waals surface area contributed by atoms with Crippen LogP contribution >= 0.6 is 46.9 Å². The van der Waals surface area contributed by atoms with Crippen LogP contribution in [0.15, 0.2) is 10.9 Å². The van der Waals surface area contributed by atoms with Crippen LogP contribution in [0, 0.1) is 0 Å². The quantitative estimate of drug-likeness (QED) is 0.678. The maximum Gasteiger partial charge on any atom is 0.250 e. The van der Waals surface area contributed by atoms with E-state index in [9.17, 15) is 9.59 Å². The lowest BCUT2D eigenvalue weighted by Crippen LogP contribution is -2.32. The summed E-state index contributed by atoms with van der Waals surface area (Å²) >= 11 is 11.9. The SMILES string of the molecule is Cl.O=C(CCl)NC(C(=O)Cl)c1cscn1. The average Bonchev–Trinajstić information content (AvgIpc) is 2.65. The van der Waals surface area contributed by atoms with Gasteiger partial charge < -0.3 is 5.32 Å². The summed E-state index contributed by atoms with van der Waals surface area (Å²) in [5, 5.41) is 3.31. The van der Waals surface area contributed by atoms with E-state index in [0.717, 1.165) is 0 Å². The zero-order chi connectivity index (χ0) is 10.6. The molecule has 1 atom stereocenters. The molecule has 0 aliphatic heterocycles. The molecule has 0 saturated heterocycles. The van der Waals surface area contributed by atoms with Gasteiger partial charge in [-0.25, -0.2) is 4.98 Å². The van der Waals surface area contributed by atoms with E-state index in [2.05, 4.69) is 10.3 Å². The van der Waals surface area contributed by atoms with Crippen LogP contribution < -0.4 is 5.32 Å². The molecule has 1 aromatic rings. The lowest BCUT2D eigenvalue weighted by molar-refractivity contribution is -0.123. The number of alkyl halides is 1. The molecule has 0 aromatic carbocycles. The van der Waals surface area contributed by atoms with Crippen molar-refractivity contribution in [2.24, 2.45) is 0 Å². The number of aromatic nitrogens is 1. The summed E-state index contributed by atoms with van der Waals surface area (Å²) < 4.78 is 0. The zero-order valence-corrected chi connectivity index (χ0v) is 10.4. The molecule has 1 aromatic heterocycles. The summed E-state index contributed by atoms with van der Waals surface area (Å²) in [5.74, 6) is -0.677. The lowest BCUT2D eigenvalue weighted by atomic mass is 10.2. The first kappa shape index (κ1) is 14.6. The topological polar surface area (TPSA) is 59.1 Å². The molecule has 1 unspecified atom stereocenters. The number of thiazole rings is 1. The predicted octanol–water partition coefficient (Wildman–Crippen LogP) is 1.73. The molecule has 4 nitrogen and oxygen atoms in total. The summed E-state index contributed by atoms with van der Waals surface area (Å²) in [5.41, 5.74) is 1.98. The van der Waals surface area contributed by atoms with E-state index >= 15 is 0 Å². The summed E-state index contributed by atoms with van der Waals surface area (Å²) in [6.07, 6.45) is 0. The number of carbonyl (C=O) groups is 2. The Morgan fingerprint density at radius 2 is 2.27 bits per heavy atom. The Morgan fingerprint density at radius 1 is 1.60 bits per heavy atom. The third kappa shape index (κ3) is 4.34. The number of rotatable bonds is 4. The molecular weight excluding hydrogens is 283 g/mol. The second kappa shape index (κ2) is 7.00. The maximum atomic E-state index is 11.0. The Balaban J connectivity index is 0.00000196. The van der Waals surface area contributed by atoms with E-state index in [4.69, 9.17) is 23.2 Å². The van der Waals surface area contributed by atoms with E-state index < -0.39 is 17.2 Å². The minimum Gasteiger partial charge on any atom is -0.339 e. The highest BCUT2D eigenvalue weighted by atomic mass is 35.5. The number of hydrogen-bond donors (Lipinski definition) is 1. The Morgan fingerprint density at radius 3 is 2.67 bits per heavy atom. The number of nitrogens with zero attached hydrogens (tertiary/aromatic N) is 1. The Kier molecular flexibility index (Phi) is 6.84. The molecule has 1 heterocycles. The van der Waals surface area contributed by atoms with Crippen molar-refractivity contribution in [2.75, 3.05) is 5.88 Å². The monoisotopic (exact) mass is 288 g/mol. The lowest BCUT2D eigenvalue weighted by Gasteiger charge is -2.10. The molecule has 1 N–H and O–H groups in total. The van der Waals surface area contributed by atoms with Crippen LogP contribution in [-0.4, -0.2) is 22.0 Å². The van der Waals surface area contributed by atoms with Gasteiger partial charge in [0.25, 0.3) is 0 Å². The number of halogens is 3. The van der Waals surface area contributed by atoms with Crippen molar-refractivity contribution in [3.05, 3.63) is 16.6 Å². The Labute approximate surface area is 106 Å². The Hall–Kier alpha value is -0.360. The highest BCUT2D eigenvalue weighted by Crippen LogP contribution is 2.15. The van der Waals surface area contributed by atoms with Crippen LogP contribution in [0.4, 0.5) is 0 Å². The fourth-order valence-corrected chi connectivity index (χ4v) is 1.63. The number of hydrogen-bond acceptors (Lipinski definition) is 4. The minimum atomic E-state index is -0.908. The predicted molar refractivity (Wildman–Crippen MR) is 61.8 cm³/mol. The van der Waals surface area contributed by atoms with Gasteiger partial charge in [0.05, 0.1) is 11.2 Å². The first-order valence-corrected chi connectivity index (χ1v) is 5.43. The van der Waals surface area contributed by atoms with Crippen molar-refractivity contribution in [2.45, 2.75) is 6.04 Å². The molecule has 0 aliphatic carbocycles. The molecule has 1 rings (SSSR count). The van der Waals surface area contributed by atoms with Crippen LogP contribution in [0.5, 0.6) is 0 Å². The van der Waals surface area contributed by atoms with Crippen LogP contribution in [0.1, 0.15) is 11.7 Å². The van der Waals surface area contributed by atoms with Gasteiger partial charge in [0.15, 0.2) is 0 Å². The van der Waals surface area contributed by atoms with Gasteiger partial charge in [0, 0.05) is 5.38 Å². The fourth-order valence-electron chi connectivity index (χ4n) is 0.811. The standard InChI is InChI=1S/C7H6Cl2N2O2S.ClH/c8-1-5(12)11-6(7(9)13)4-2-14-3-10-4;/h2-3,6H,1H2,(H,11,12);1H. The third-order valence-electron chi connectivity index (χ3n) is 1.40. The van der Waals surface area contributed by atoms with Gasteiger partial charge in [0.2, 0.25) is 11.1 Å². The van der Waals surface area contributed by atoms with Crippen LogP contribution in [0.25, 0.3) is 0 Å². The molecule has 84 valence electrons. The summed E-state index contributed by atoms with van der Waals surface area (Å²) in [6, 6.07) is -0.908. The average molecular weight is 290 g/mol. The summed E-state index contributed by atoms with van der Waals surface area (Å²) in [6.45, 7) is 0. The van der Waals surface area contributed by atoms with Gasteiger partial charge in [-0.15, -0.1) is 35.3 Å². The molecule has 0 aliphatic rings. The van der Waals surface area contributed by atoms with Crippen LogP contribution in [0.3, 0.4) is 0 Å². The molecular formula is C7H7Cl3N2O2S. The van der Waals surface area contributed by atoms with Gasteiger partial charge in [-0.2, -0.15) is 0 Å². The molecule has 0 spiro atoms. The highest BCUT2D eigenvalue weighted by Gasteiger charge is 2.22. The Bertz CT molecular complexity index is 331. The van der Waals surface area contributed by atoms with E-state index in [1.807, 2.05) is 0 Å². The molecule has 0 fully saturated rings. The number of amides is 1. The van der Waals surface area contributed by atoms with Crippen molar-refractivity contribution in [1.29, 1.82) is 0 Å². The zero-order valence-electron chi connectivity index (χ0n) is 7.28. The van der Waals surface area contributed by atoms with E-state index in [1.54, 1.807) is 10.9 Å². The first-order chi connectivity index (χ1) is 6.65. The molecule has 1 amide bonds. The van der Waals surface area contributed by atoms with Crippen LogP contribution in [0.2, 0.25) is 0 Å². The van der Waals surface area contributed by atoms with Gasteiger partial charge in [-0.1, -0.05) is 0 Å². The van der Waals surface area contributed by atoms with Gasteiger partial charge in [-0.3, -0.25) is 9.59 Å². The molecule has 0 saturated carbocycles. The van der Waals surface area contributed by atoms with Gasteiger partial charge in [-0.05, 0) is 11.6 Å². The van der Waals surface area contributed by atoms with Crippen molar-refractivity contribution >= 4 is 58.1 Å². The van der Waals surface area contributed by atoms with Crippen molar-refractivity contribution in [3.63, 3.8) is 0 Å². The highest BCUT2D eigenvalue weighted by molar-refractivity contribution is 7.07. The minimum absolute atomic E-state index is 0. The van der Waals surface area contributed by atoms with Gasteiger partial charge in [0.1, 0.15) is 11.9 Å². The van der Waals surface area contributed by atoms with Crippen LogP contribution in [-0.2, 0) is 9.59 Å². The molecule has 8 heteroatoms. The molecule has 0 bridgehead atoms. The second-order valence-corrected chi connectivity index (χ2v) is 3.71. The van der Waals surface area contributed by atoms with E-state index in [-0.39, 0.29) is 18.3 Å². The smallest absolute Gasteiger partial charge is 0.250 e. The second-order valence-electron chi connectivity index (χ2n) is 2.35. The first-order valence-electron chi connectivity index (χ1n) is 3.58. The largest absolute Gasteiger partial charge is 0.339 e.